The number of unbranched alkanes of at least 4 members (excludes halogenated alkanes) is 30. The van der Waals surface area contributed by atoms with Crippen molar-refractivity contribution in [1.29, 1.82) is 0 Å². The number of ether oxygens (including phenoxy) is 2. The second-order valence-corrected chi connectivity index (χ2v) is 17.4. The Labute approximate surface area is 355 Å². The molecule has 1 heterocycles. The van der Waals surface area contributed by atoms with Gasteiger partial charge in [-0.05, 0) is 19.3 Å². The summed E-state index contributed by atoms with van der Waals surface area (Å²) in [5.74, 6) is -0.613. The van der Waals surface area contributed by atoms with E-state index in [-0.39, 0.29) is 6.61 Å². The van der Waals surface area contributed by atoms with Gasteiger partial charge in [-0.15, -0.1) is 0 Å². The lowest BCUT2D eigenvalue weighted by Crippen LogP contribution is -2.60. The molecule has 0 aromatic heterocycles. The quantitative estimate of drug-likeness (QED) is 0.0235. The van der Waals surface area contributed by atoms with Crippen LogP contribution in [0.2, 0.25) is 0 Å². The van der Waals surface area contributed by atoms with E-state index in [0.717, 1.165) is 44.9 Å². The van der Waals surface area contributed by atoms with Crippen LogP contribution in [-0.2, 0) is 14.3 Å². The van der Waals surface area contributed by atoms with E-state index in [0.29, 0.717) is 6.42 Å². The van der Waals surface area contributed by atoms with Crippen molar-refractivity contribution in [1.82, 2.24) is 5.32 Å². The Kier molecular flexibility index (Phi) is 36.7. The molecule has 0 bridgehead atoms. The number of hydrogen-bond donors (Lipinski definition) is 7. The van der Waals surface area contributed by atoms with Crippen molar-refractivity contribution in [2.75, 3.05) is 13.2 Å². The van der Waals surface area contributed by atoms with Crippen LogP contribution < -0.4 is 5.32 Å². The van der Waals surface area contributed by atoms with E-state index < -0.39 is 61.5 Å². The molecule has 344 valence electrons. The van der Waals surface area contributed by atoms with Crippen molar-refractivity contribution in [2.45, 2.75) is 275 Å². The molecule has 0 spiro atoms. The zero-order valence-electron chi connectivity index (χ0n) is 37.4. The summed E-state index contributed by atoms with van der Waals surface area (Å²) in [5.41, 5.74) is 0. The van der Waals surface area contributed by atoms with Crippen molar-refractivity contribution < 1.29 is 44.9 Å². The Bertz CT molecular complexity index is 937. The van der Waals surface area contributed by atoms with Gasteiger partial charge in [0.05, 0.1) is 25.4 Å². The van der Waals surface area contributed by atoms with Gasteiger partial charge >= 0.3 is 0 Å². The number of hydrogen-bond acceptors (Lipinski definition) is 9. The normalized spacial score (nSPS) is 21.4. The number of nitrogens with one attached hydrogen (secondary N) is 1. The summed E-state index contributed by atoms with van der Waals surface area (Å²) in [6, 6.07) is -0.974. The molecule has 1 saturated heterocycles. The molecule has 7 N–H and O–H groups in total. The maximum absolute atomic E-state index is 13.0. The molecule has 0 saturated carbocycles. The molecule has 8 atom stereocenters. The molecule has 1 aliphatic heterocycles. The van der Waals surface area contributed by atoms with Gasteiger partial charge in [0.15, 0.2) is 6.29 Å². The van der Waals surface area contributed by atoms with Crippen LogP contribution in [0.5, 0.6) is 0 Å². The van der Waals surface area contributed by atoms with Crippen LogP contribution in [0, 0.1) is 0 Å². The molecule has 1 fully saturated rings. The summed E-state index contributed by atoms with van der Waals surface area (Å²) in [6.45, 7) is 3.62. The molecular weight excluding hydrogens is 735 g/mol. The van der Waals surface area contributed by atoms with Gasteiger partial charge in [0, 0.05) is 0 Å². The number of carbonyl (C=O) groups is 1. The molecule has 10 nitrogen and oxygen atoms in total. The molecule has 0 aromatic rings. The third-order valence-corrected chi connectivity index (χ3v) is 12.0. The lowest BCUT2D eigenvalue weighted by atomic mass is 9.99. The van der Waals surface area contributed by atoms with Crippen LogP contribution >= 0.6 is 0 Å². The Morgan fingerprint density at radius 3 is 1.40 bits per heavy atom. The maximum atomic E-state index is 13.0. The first-order valence-corrected chi connectivity index (χ1v) is 24.5. The van der Waals surface area contributed by atoms with E-state index in [2.05, 4.69) is 19.2 Å². The van der Waals surface area contributed by atoms with Crippen molar-refractivity contribution >= 4 is 5.91 Å². The molecule has 58 heavy (non-hydrogen) atoms. The fourth-order valence-electron chi connectivity index (χ4n) is 7.93. The summed E-state index contributed by atoms with van der Waals surface area (Å²) in [4.78, 5) is 13.0. The van der Waals surface area contributed by atoms with Gasteiger partial charge in [-0.2, -0.15) is 0 Å². The van der Waals surface area contributed by atoms with Crippen molar-refractivity contribution in [3.8, 4) is 0 Å². The minimum absolute atomic E-state index is 0.301. The predicted octanol–water partition coefficient (Wildman–Crippen LogP) is 9.48. The van der Waals surface area contributed by atoms with Gasteiger partial charge in [-0.25, -0.2) is 0 Å². The zero-order chi connectivity index (χ0) is 42.5. The highest BCUT2D eigenvalue weighted by molar-refractivity contribution is 5.80. The smallest absolute Gasteiger partial charge is 0.249 e. The molecule has 1 aliphatic rings. The minimum atomic E-state index is -1.61. The lowest BCUT2D eigenvalue weighted by Gasteiger charge is -2.40. The molecule has 1 unspecified atom stereocenters. The average Bonchev–Trinajstić information content (AvgIpc) is 3.22. The van der Waals surface area contributed by atoms with Gasteiger partial charge in [0.25, 0.3) is 0 Å². The minimum Gasteiger partial charge on any atom is -0.394 e. The molecular formula is C48H93NO9. The SMILES string of the molecule is CCCCCCCCCCCCC/C=C/[C@@H](O)C(CO[C@@H]1O[C@H](CO)[C@H](O)[C@H](O)[C@H]1O)NC(=O)[C@H](O)CCCCCCCCCCCCCCCCCCCCCC. The molecule has 1 amide bonds. The Morgan fingerprint density at radius 2 is 0.983 bits per heavy atom. The second-order valence-electron chi connectivity index (χ2n) is 17.4. The third-order valence-electron chi connectivity index (χ3n) is 12.0. The number of allylic oxidation sites excluding steroid dienone is 1. The van der Waals surface area contributed by atoms with Crippen LogP contribution in [-0.4, -0.2) is 98.7 Å². The first-order chi connectivity index (χ1) is 28.3. The van der Waals surface area contributed by atoms with Crippen LogP contribution in [0.25, 0.3) is 0 Å². The van der Waals surface area contributed by atoms with Gasteiger partial charge in [-0.3, -0.25) is 4.79 Å². The van der Waals surface area contributed by atoms with Crippen molar-refractivity contribution in [3.63, 3.8) is 0 Å². The highest BCUT2D eigenvalue weighted by Crippen LogP contribution is 2.23. The molecule has 1 rings (SSSR count). The lowest BCUT2D eigenvalue weighted by molar-refractivity contribution is -0.302. The monoisotopic (exact) mass is 828 g/mol. The summed E-state index contributed by atoms with van der Waals surface area (Å²) in [7, 11) is 0. The van der Waals surface area contributed by atoms with Gasteiger partial charge in [0.1, 0.15) is 30.5 Å². The topological polar surface area (TPSA) is 169 Å². The number of aliphatic hydroxyl groups is 6. The van der Waals surface area contributed by atoms with Crippen molar-refractivity contribution in [3.05, 3.63) is 12.2 Å². The average molecular weight is 828 g/mol. The fourth-order valence-corrected chi connectivity index (χ4v) is 7.93. The van der Waals surface area contributed by atoms with E-state index in [4.69, 9.17) is 9.47 Å². The van der Waals surface area contributed by atoms with Crippen LogP contribution in [0.4, 0.5) is 0 Å². The molecule has 0 aliphatic carbocycles. The zero-order valence-corrected chi connectivity index (χ0v) is 37.4. The third kappa shape index (κ3) is 28.4. The summed E-state index contributed by atoms with van der Waals surface area (Å²) in [6.07, 6.45) is 34.4. The summed E-state index contributed by atoms with van der Waals surface area (Å²) in [5, 5.41) is 64.7. The fraction of sp³-hybridized carbons (Fsp3) is 0.938. The molecule has 10 heteroatoms. The number of carbonyl (C=O) groups excluding carboxylic acids is 1. The Balaban J connectivity index is 2.34. The van der Waals surface area contributed by atoms with E-state index in [1.54, 1.807) is 6.08 Å². The van der Waals surface area contributed by atoms with Crippen LogP contribution in [0.15, 0.2) is 12.2 Å². The van der Waals surface area contributed by atoms with Gasteiger partial charge in [-0.1, -0.05) is 219 Å². The van der Waals surface area contributed by atoms with Crippen molar-refractivity contribution in [2.24, 2.45) is 0 Å². The van der Waals surface area contributed by atoms with E-state index in [1.807, 2.05) is 6.08 Å². The number of amides is 1. The molecule has 0 aromatic carbocycles. The number of rotatable bonds is 41. The van der Waals surface area contributed by atoms with Crippen LogP contribution in [0.3, 0.4) is 0 Å². The first kappa shape index (κ1) is 54.9. The van der Waals surface area contributed by atoms with Gasteiger partial charge < -0.3 is 45.4 Å². The second kappa shape index (κ2) is 38.8. The standard InChI is InChI=1S/C48H93NO9/c1-3-5-7-9-11-13-15-17-18-19-20-21-22-23-25-27-29-31-33-35-37-42(52)47(56)49-40(39-57-48-46(55)45(54)44(53)43(38-50)58-48)41(51)36-34-32-30-28-26-24-16-14-12-10-8-6-4-2/h34,36,40-46,48,50-55H,3-33,35,37-39H2,1-2H3,(H,49,56)/b36-34+/t40?,41-,42-,43-,44+,45+,46-,48-/m1/s1. The summed E-state index contributed by atoms with van der Waals surface area (Å²) >= 11 is 0. The highest BCUT2D eigenvalue weighted by Gasteiger charge is 2.44. The van der Waals surface area contributed by atoms with Gasteiger partial charge in [0.2, 0.25) is 5.91 Å². The predicted molar refractivity (Wildman–Crippen MR) is 237 cm³/mol. The largest absolute Gasteiger partial charge is 0.394 e. The van der Waals surface area contributed by atoms with E-state index >= 15 is 0 Å². The Hall–Kier alpha value is -1.11. The maximum Gasteiger partial charge on any atom is 0.249 e. The van der Waals surface area contributed by atoms with E-state index in [1.165, 1.54) is 161 Å². The summed E-state index contributed by atoms with van der Waals surface area (Å²) < 4.78 is 11.1. The van der Waals surface area contributed by atoms with Crippen LogP contribution in [0.1, 0.15) is 226 Å². The van der Waals surface area contributed by atoms with E-state index in [9.17, 15) is 35.4 Å². The highest BCUT2D eigenvalue weighted by atomic mass is 16.7. The first-order valence-electron chi connectivity index (χ1n) is 24.5. The number of aliphatic hydroxyl groups excluding tert-OH is 6. The Morgan fingerprint density at radius 1 is 0.586 bits per heavy atom. The molecule has 0 radical (unpaired) electrons.